The van der Waals surface area contributed by atoms with Crippen molar-refractivity contribution >= 4 is 27.7 Å². The first-order valence-corrected chi connectivity index (χ1v) is 7.94. The molecule has 0 unspecified atom stereocenters. The summed E-state index contributed by atoms with van der Waals surface area (Å²) < 4.78 is 1.01. The minimum atomic E-state index is -0.122. The van der Waals surface area contributed by atoms with Gasteiger partial charge < -0.3 is 10.3 Å². The molecule has 4 nitrogen and oxygen atoms in total. The van der Waals surface area contributed by atoms with Crippen LogP contribution in [0, 0.1) is 6.92 Å². The minimum Gasteiger partial charge on any atom is -0.313 e. The monoisotopic (exact) mass is 353 g/mol. The van der Waals surface area contributed by atoms with Crippen LogP contribution in [-0.2, 0) is 6.54 Å². The van der Waals surface area contributed by atoms with E-state index in [1.807, 2.05) is 19.1 Å². The van der Waals surface area contributed by atoms with Gasteiger partial charge >= 0.3 is 0 Å². The molecule has 0 aliphatic heterocycles. The highest BCUT2D eigenvalue weighted by atomic mass is 79.9. The topological polar surface area (TPSA) is 57.8 Å². The Labute approximate surface area is 130 Å². The summed E-state index contributed by atoms with van der Waals surface area (Å²) in [4.78, 5) is 19.7. The summed E-state index contributed by atoms with van der Waals surface area (Å²) in [5.41, 5.74) is 1.78. The van der Waals surface area contributed by atoms with Gasteiger partial charge in [0, 0.05) is 27.7 Å². The first kappa shape index (κ1) is 15.3. The third kappa shape index (κ3) is 4.19. The second-order valence-electron chi connectivity index (χ2n) is 4.33. The van der Waals surface area contributed by atoms with Crippen molar-refractivity contribution in [1.29, 1.82) is 0 Å². The van der Waals surface area contributed by atoms with Gasteiger partial charge in [-0.05, 0) is 31.2 Å². The van der Waals surface area contributed by atoms with Crippen LogP contribution in [0.1, 0.15) is 18.2 Å². The smallest absolute Gasteiger partial charge is 0.251 e. The first-order chi connectivity index (χ1) is 9.58. The highest BCUT2D eigenvalue weighted by Gasteiger charge is 2.07. The summed E-state index contributed by atoms with van der Waals surface area (Å²) in [6, 6.07) is 7.62. The van der Waals surface area contributed by atoms with E-state index >= 15 is 0 Å². The third-order valence-electron chi connectivity index (χ3n) is 2.65. The molecule has 1 aromatic carbocycles. The van der Waals surface area contributed by atoms with Crippen LogP contribution in [0.4, 0.5) is 0 Å². The van der Waals surface area contributed by atoms with Gasteiger partial charge in [0.05, 0.1) is 0 Å². The molecule has 20 heavy (non-hydrogen) atoms. The highest BCUT2D eigenvalue weighted by Crippen LogP contribution is 2.30. The Morgan fingerprint density at radius 1 is 1.40 bits per heavy atom. The number of benzene rings is 1. The van der Waals surface area contributed by atoms with Crippen molar-refractivity contribution in [1.82, 2.24) is 15.3 Å². The van der Waals surface area contributed by atoms with Crippen LogP contribution in [0.2, 0.25) is 0 Å². The number of hydrogen-bond acceptors (Lipinski definition) is 4. The Morgan fingerprint density at radius 3 is 2.90 bits per heavy atom. The van der Waals surface area contributed by atoms with Crippen LogP contribution in [0.15, 0.2) is 43.6 Å². The molecule has 2 aromatic rings. The molecule has 0 saturated carbocycles. The summed E-state index contributed by atoms with van der Waals surface area (Å²) in [6.45, 7) is 5.60. The SMILES string of the molecule is CCNCc1ccc(Br)cc1Sc1nc(C)cc(=O)[nH]1. The fourth-order valence-corrected chi connectivity index (χ4v) is 3.25. The van der Waals surface area contributed by atoms with Crippen molar-refractivity contribution in [3.8, 4) is 0 Å². The van der Waals surface area contributed by atoms with Crippen molar-refractivity contribution in [2.45, 2.75) is 30.4 Å². The van der Waals surface area contributed by atoms with Gasteiger partial charge in [0.2, 0.25) is 0 Å². The number of H-pyrrole nitrogens is 1. The van der Waals surface area contributed by atoms with Crippen LogP contribution in [0.5, 0.6) is 0 Å². The van der Waals surface area contributed by atoms with E-state index in [2.05, 4.69) is 44.2 Å². The van der Waals surface area contributed by atoms with Crippen molar-refractivity contribution in [3.05, 3.63) is 50.3 Å². The summed E-state index contributed by atoms with van der Waals surface area (Å²) >= 11 is 4.95. The van der Waals surface area contributed by atoms with E-state index in [1.165, 1.54) is 23.4 Å². The number of rotatable bonds is 5. The molecular weight excluding hydrogens is 338 g/mol. The molecule has 6 heteroatoms. The molecular formula is C14H16BrN3OS. The first-order valence-electron chi connectivity index (χ1n) is 6.33. The minimum absolute atomic E-state index is 0.122. The zero-order valence-corrected chi connectivity index (χ0v) is 13.8. The van der Waals surface area contributed by atoms with Gasteiger partial charge in [0.15, 0.2) is 5.16 Å². The van der Waals surface area contributed by atoms with Gasteiger partial charge in [-0.3, -0.25) is 4.79 Å². The normalized spacial score (nSPS) is 10.8. The lowest BCUT2D eigenvalue weighted by atomic mass is 10.2. The Balaban J connectivity index is 2.31. The van der Waals surface area contributed by atoms with Crippen molar-refractivity contribution in [2.24, 2.45) is 0 Å². The molecule has 1 aromatic heterocycles. The van der Waals surface area contributed by atoms with Crippen LogP contribution in [0.25, 0.3) is 0 Å². The summed E-state index contributed by atoms with van der Waals surface area (Å²) in [7, 11) is 0. The van der Waals surface area contributed by atoms with E-state index in [1.54, 1.807) is 0 Å². The van der Waals surface area contributed by atoms with Crippen molar-refractivity contribution < 1.29 is 0 Å². The van der Waals surface area contributed by atoms with E-state index in [9.17, 15) is 4.79 Å². The summed E-state index contributed by atoms with van der Waals surface area (Å²) in [5.74, 6) is 0. The largest absolute Gasteiger partial charge is 0.313 e. The Kier molecular flexibility index (Phi) is 5.39. The number of hydrogen-bond donors (Lipinski definition) is 2. The van der Waals surface area contributed by atoms with Crippen LogP contribution in [-0.4, -0.2) is 16.5 Å². The van der Waals surface area contributed by atoms with Gasteiger partial charge in [-0.15, -0.1) is 0 Å². The van der Waals surface area contributed by atoms with Gasteiger partial charge in [-0.2, -0.15) is 0 Å². The molecule has 0 radical (unpaired) electrons. The van der Waals surface area contributed by atoms with E-state index in [0.717, 1.165) is 28.2 Å². The lowest BCUT2D eigenvalue weighted by Crippen LogP contribution is -2.12. The Bertz CT molecular complexity index is 657. The zero-order chi connectivity index (χ0) is 14.5. The Hall–Kier alpha value is -1.11. The van der Waals surface area contributed by atoms with Gasteiger partial charge in [-0.1, -0.05) is 40.7 Å². The van der Waals surface area contributed by atoms with Gasteiger partial charge in [0.25, 0.3) is 5.56 Å². The number of halogens is 1. The Morgan fingerprint density at radius 2 is 2.20 bits per heavy atom. The number of nitrogens with zero attached hydrogens (tertiary/aromatic N) is 1. The molecule has 2 N–H and O–H groups in total. The fourth-order valence-electron chi connectivity index (χ4n) is 1.73. The number of nitrogens with one attached hydrogen (secondary N) is 2. The summed E-state index contributed by atoms with van der Waals surface area (Å²) in [5, 5.41) is 3.93. The second-order valence-corrected chi connectivity index (χ2v) is 6.27. The van der Waals surface area contributed by atoms with Crippen LogP contribution < -0.4 is 10.9 Å². The maximum Gasteiger partial charge on any atom is 0.251 e. The molecule has 2 rings (SSSR count). The summed E-state index contributed by atoms with van der Waals surface area (Å²) in [6.07, 6.45) is 0. The molecule has 0 saturated heterocycles. The molecule has 0 atom stereocenters. The lowest BCUT2D eigenvalue weighted by Gasteiger charge is -2.10. The number of aromatic amines is 1. The molecule has 0 aliphatic carbocycles. The number of aryl methyl sites for hydroxylation is 1. The fraction of sp³-hybridized carbons (Fsp3) is 0.286. The van der Waals surface area contributed by atoms with E-state index in [-0.39, 0.29) is 5.56 Å². The quantitative estimate of drug-likeness (QED) is 0.811. The van der Waals surface area contributed by atoms with E-state index < -0.39 is 0 Å². The predicted molar refractivity (Wildman–Crippen MR) is 85.2 cm³/mol. The third-order valence-corrected chi connectivity index (χ3v) is 4.13. The predicted octanol–water partition coefficient (Wildman–Crippen LogP) is 3.10. The molecule has 0 spiro atoms. The zero-order valence-electron chi connectivity index (χ0n) is 11.4. The molecule has 0 amide bonds. The average Bonchev–Trinajstić information content (AvgIpc) is 2.36. The van der Waals surface area contributed by atoms with E-state index in [4.69, 9.17) is 0 Å². The lowest BCUT2D eigenvalue weighted by molar-refractivity contribution is 0.717. The van der Waals surface area contributed by atoms with Crippen LogP contribution >= 0.6 is 27.7 Å². The van der Waals surface area contributed by atoms with Crippen molar-refractivity contribution in [3.63, 3.8) is 0 Å². The maximum atomic E-state index is 11.5. The van der Waals surface area contributed by atoms with Gasteiger partial charge in [0.1, 0.15) is 0 Å². The molecule has 0 fully saturated rings. The molecule has 1 heterocycles. The van der Waals surface area contributed by atoms with Crippen molar-refractivity contribution in [2.75, 3.05) is 6.54 Å². The van der Waals surface area contributed by atoms with Crippen LogP contribution in [0.3, 0.4) is 0 Å². The number of aromatic nitrogens is 2. The highest BCUT2D eigenvalue weighted by molar-refractivity contribution is 9.10. The molecule has 106 valence electrons. The van der Waals surface area contributed by atoms with Gasteiger partial charge in [-0.25, -0.2) is 4.98 Å². The standard InChI is InChI=1S/C14H16BrN3OS/c1-3-16-8-10-4-5-11(15)7-12(10)20-14-17-9(2)6-13(19)18-14/h4-7,16H,3,8H2,1-2H3,(H,17,18,19). The van der Waals surface area contributed by atoms with E-state index in [0.29, 0.717) is 5.16 Å². The maximum absolute atomic E-state index is 11.5. The molecule has 0 bridgehead atoms. The second kappa shape index (κ2) is 7.06. The molecule has 0 aliphatic rings. The average molecular weight is 354 g/mol.